The standard InChI is InChI=1S/C18H26F2N4O4.HI/c1-11(2)7-21-18(23-9-16(25)24(3)4)22-8-12-5-14-15(27-10-26-14)6-13(12)28-17(19)20;/h5-6,11,17H,7-10H2,1-4H3,(H2,21,22,23);1H. The molecule has 0 unspecified atom stereocenters. The first-order valence-corrected chi connectivity index (χ1v) is 8.86. The number of nitrogens with one attached hydrogen (secondary N) is 2. The van der Waals surface area contributed by atoms with E-state index in [0.29, 0.717) is 35.5 Å². The van der Waals surface area contributed by atoms with Gasteiger partial charge < -0.3 is 29.7 Å². The Morgan fingerprint density at radius 2 is 1.90 bits per heavy atom. The van der Waals surface area contributed by atoms with E-state index >= 15 is 0 Å². The Labute approximate surface area is 186 Å². The zero-order valence-electron chi connectivity index (χ0n) is 16.8. The SMILES string of the molecule is CC(C)CNC(=NCc1cc2c(cc1OC(F)F)OCO2)NCC(=O)N(C)C.I. The van der Waals surface area contributed by atoms with Crippen LogP contribution in [-0.2, 0) is 11.3 Å². The van der Waals surface area contributed by atoms with E-state index in [-0.39, 0.29) is 55.5 Å². The van der Waals surface area contributed by atoms with Crippen molar-refractivity contribution in [1.82, 2.24) is 15.5 Å². The van der Waals surface area contributed by atoms with Crippen LogP contribution in [-0.4, -0.2) is 57.4 Å². The summed E-state index contributed by atoms with van der Waals surface area (Å²) in [5.74, 6) is 1.37. The molecule has 0 saturated carbocycles. The maximum absolute atomic E-state index is 12.7. The van der Waals surface area contributed by atoms with Crippen molar-refractivity contribution >= 4 is 35.8 Å². The van der Waals surface area contributed by atoms with Crippen molar-refractivity contribution in [3.8, 4) is 17.2 Å². The van der Waals surface area contributed by atoms with Gasteiger partial charge in [0.25, 0.3) is 0 Å². The first-order chi connectivity index (χ1) is 13.3. The normalized spacial score (nSPS) is 12.6. The van der Waals surface area contributed by atoms with Gasteiger partial charge in [-0.1, -0.05) is 13.8 Å². The number of benzene rings is 1. The average Bonchev–Trinajstić information content (AvgIpc) is 3.06. The van der Waals surface area contributed by atoms with Crippen LogP contribution in [0.3, 0.4) is 0 Å². The lowest BCUT2D eigenvalue weighted by atomic mass is 10.1. The van der Waals surface area contributed by atoms with Crippen LogP contribution in [0.1, 0.15) is 19.4 Å². The molecule has 2 N–H and O–H groups in total. The molecule has 1 aromatic carbocycles. The zero-order chi connectivity index (χ0) is 20.7. The van der Waals surface area contributed by atoms with Gasteiger partial charge in [0.1, 0.15) is 5.75 Å². The molecule has 8 nitrogen and oxygen atoms in total. The highest BCUT2D eigenvalue weighted by atomic mass is 127. The van der Waals surface area contributed by atoms with Crippen LogP contribution in [0, 0.1) is 5.92 Å². The van der Waals surface area contributed by atoms with Crippen molar-refractivity contribution in [2.45, 2.75) is 27.0 Å². The number of hydrogen-bond donors (Lipinski definition) is 2. The number of carbonyl (C=O) groups excluding carboxylic acids is 1. The summed E-state index contributed by atoms with van der Waals surface area (Å²) in [6.07, 6.45) is 0. The van der Waals surface area contributed by atoms with Gasteiger partial charge in [-0.15, -0.1) is 24.0 Å². The third-order valence-corrected chi connectivity index (χ3v) is 3.76. The minimum absolute atomic E-state index is 0. The average molecular weight is 528 g/mol. The van der Waals surface area contributed by atoms with Crippen LogP contribution >= 0.6 is 24.0 Å². The molecule has 0 atom stereocenters. The van der Waals surface area contributed by atoms with E-state index in [1.165, 1.54) is 11.0 Å². The van der Waals surface area contributed by atoms with Crippen LogP contribution < -0.4 is 24.8 Å². The van der Waals surface area contributed by atoms with Gasteiger partial charge in [0.15, 0.2) is 17.5 Å². The smallest absolute Gasteiger partial charge is 0.387 e. The second-order valence-electron chi connectivity index (χ2n) is 6.77. The van der Waals surface area contributed by atoms with E-state index < -0.39 is 6.61 Å². The maximum atomic E-state index is 12.7. The molecule has 0 radical (unpaired) electrons. The van der Waals surface area contributed by atoms with Gasteiger partial charge in [-0.25, -0.2) is 4.99 Å². The summed E-state index contributed by atoms with van der Waals surface area (Å²) in [6, 6.07) is 2.93. The number of carbonyl (C=O) groups is 1. The fourth-order valence-electron chi connectivity index (χ4n) is 2.25. The lowest BCUT2D eigenvalue weighted by molar-refractivity contribution is -0.127. The fourth-order valence-corrected chi connectivity index (χ4v) is 2.25. The number of likely N-dealkylation sites (N-methyl/N-ethyl adjacent to an activating group) is 1. The molecule has 0 aliphatic carbocycles. The van der Waals surface area contributed by atoms with Gasteiger partial charge in [-0.3, -0.25) is 4.79 Å². The van der Waals surface area contributed by atoms with Crippen molar-refractivity contribution in [3.05, 3.63) is 17.7 Å². The predicted molar refractivity (Wildman–Crippen MR) is 115 cm³/mol. The molecule has 0 aromatic heterocycles. The van der Waals surface area contributed by atoms with Crippen molar-refractivity contribution in [1.29, 1.82) is 0 Å². The quantitative estimate of drug-likeness (QED) is 0.307. The van der Waals surface area contributed by atoms with Gasteiger partial charge in [0.2, 0.25) is 12.7 Å². The summed E-state index contributed by atoms with van der Waals surface area (Å²) in [7, 11) is 3.31. The van der Waals surface area contributed by atoms with Crippen LogP contribution in [0.2, 0.25) is 0 Å². The van der Waals surface area contributed by atoms with E-state index in [1.807, 2.05) is 13.8 Å². The molecule has 1 aliphatic rings. The molecule has 0 saturated heterocycles. The molecule has 2 rings (SSSR count). The Balaban J connectivity index is 0.00000420. The van der Waals surface area contributed by atoms with E-state index in [4.69, 9.17) is 9.47 Å². The van der Waals surface area contributed by atoms with Gasteiger partial charge in [-0.2, -0.15) is 8.78 Å². The Hall–Kier alpha value is -2.05. The van der Waals surface area contributed by atoms with E-state index in [9.17, 15) is 13.6 Å². The van der Waals surface area contributed by atoms with Crippen molar-refractivity contribution in [2.75, 3.05) is 34.0 Å². The molecule has 1 aliphatic heterocycles. The molecule has 1 heterocycles. The Kier molecular flexibility index (Phi) is 10.2. The largest absolute Gasteiger partial charge is 0.454 e. The second-order valence-corrected chi connectivity index (χ2v) is 6.77. The topological polar surface area (TPSA) is 84.4 Å². The molecule has 1 amide bonds. The number of hydrogen-bond acceptors (Lipinski definition) is 5. The van der Waals surface area contributed by atoms with Crippen LogP contribution in [0.15, 0.2) is 17.1 Å². The summed E-state index contributed by atoms with van der Waals surface area (Å²) >= 11 is 0. The third-order valence-electron chi connectivity index (χ3n) is 3.76. The van der Waals surface area contributed by atoms with E-state index in [1.54, 1.807) is 20.2 Å². The van der Waals surface area contributed by atoms with Crippen LogP contribution in [0.25, 0.3) is 0 Å². The summed E-state index contributed by atoms with van der Waals surface area (Å²) in [5, 5.41) is 6.06. The van der Waals surface area contributed by atoms with Crippen LogP contribution in [0.4, 0.5) is 8.78 Å². The second kappa shape index (κ2) is 11.8. The molecular formula is C18H27F2IN4O4. The molecule has 29 heavy (non-hydrogen) atoms. The monoisotopic (exact) mass is 528 g/mol. The number of nitrogens with zero attached hydrogens (tertiary/aromatic N) is 2. The first-order valence-electron chi connectivity index (χ1n) is 8.86. The highest BCUT2D eigenvalue weighted by Crippen LogP contribution is 2.39. The number of alkyl halides is 2. The number of rotatable bonds is 8. The summed E-state index contributed by atoms with van der Waals surface area (Å²) in [6.45, 7) is 1.83. The number of ether oxygens (including phenoxy) is 3. The molecule has 0 spiro atoms. The lowest BCUT2D eigenvalue weighted by Crippen LogP contribution is -2.44. The predicted octanol–water partition coefficient (Wildman–Crippen LogP) is 2.41. The molecule has 0 fully saturated rings. The molecule has 0 bridgehead atoms. The van der Waals surface area contributed by atoms with Crippen molar-refractivity contribution < 1.29 is 27.8 Å². The van der Waals surface area contributed by atoms with Crippen molar-refractivity contribution in [3.63, 3.8) is 0 Å². The molecule has 1 aromatic rings. The number of halogens is 3. The highest BCUT2D eigenvalue weighted by Gasteiger charge is 2.20. The van der Waals surface area contributed by atoms with E-state index in [0.717, 1.165) is 0 Å². The van der Waals surface area contributed by atoms with E-state index in [2.05, 4.69) is 20.4 Å². The number of guanidine groups is 1. The Morgan fingerprint density at radius 1 is 1.24 bits per heavy atom. The minimum atomic E-state index is -2.97. The van der Waals surface area contributed by atoms with Crippen LogP contribution in [0.5, 0.6) is 17.2 Å². The fraction of sp³-hybridized carbons (Fsp3) is 0.556. The number of amides is 1. The van der Waals surface area contributed by atoms with Gasteiger partial charge in [-0.05, 0) is 12.0 Å². The first kappa shape index (κ1) is 25.0. The third kappa shape index (κ3) is 8.07. The number of aliphatic imine (C=N–C) groups is 1. The summed E-state index contributed by atoms with van der Waals surface area (Å²) < 4.78 is 40.6. The Morgan fingerprint density at radius 3 is 2.48 bits per heavy atom. The summed E-state index contributed by atoms with van der Waals surface area (Å²) in [5.41, 5.74) is 0.411. The van der Waals surface area contributed by atoms with Crippen molar-refractivity contribution in [2.24, 2.45) is 10.9 Å². The number of fused-ring (bicyclic) bond motifs is 1. The van der Waals surface area contributed by atoms with Gasteiger partial charge >= 0.3 is 6.61 Å². The minimum Gasteiger partial charge on any atom is -0.454 e. The van der Waals surface area contributed by atoms with Gasteiger partial charge in [0.05, 0.1) is 13.1 Å². The maximum Gasteiger partial charge on any atom is 0.387 e. The molecule has 164 valence electrons. The van der Waals surface area contributed by atoms with Gasteiger partial charge in [0, 0.05) is 32.3 Å². The zero-order valence-corrected chi connectivity index (χ0v) is 19.2. The Bertz CT molecular complexity index is 717. The lowest BCUT2D eigenvalue weighted by Gasteiger charge is -2.16. The highest BCUT2D eigenvalue weighted by molar-refractivity contribution is 14.0. The molecule has 11 heteroatoms. The summed E-state index contributed by atoms with van der Waals surface area (Å²) in [4.78, 5) is 17.7. The molecular weight excluding hydrogens is 501 g/mol.